The van der Waals surface area contributed by atoms with Crippen molar-refractivity contribution in [1.82, 2.24) is 4.90 Å². The van der Waals surface area contributed by atoms with Crippen molar-refractivity contribution in [2.45, 2.75) is 33.6 Å². The monoisotopic (exact) mass is 254 g/mol. The molecule has 0 radical (unpaired) electrons. The van der Waals surface area contributed by atoms with Crippen LogP contribution >= 0.6 is 11.3 Å². The molecule has 0 atom stereocenters. The quantitative estimate of drug-likeness (QED) is 0.773. The fourth-order valence-electron chi connectivity index (χ4n) is 1.98. The summed E-state index contributed by atoms with van der Waals surface area (Å²) in [6, 6.07) is 2.23. The van der Waals surface area contributed by atoms with Gasteiger partial charge in [0.15, 0.2) is 0 Å². The van der Waals surface area contributed by atoms with Crippen LogP contribution < -0.4 is 5.73 Å². The van der Waals surface area contributed by atoms with Crippen LogP contribution in [0.5, 0.6) is 0 Å². The van der Waals surface area contributed by atoms with Crippen molar-refractivity contribution in [3.05, 3.63) is 22.4 Å². The molecule has 2 nitrogen and oxygen atoms in total. The molecule has 1 heterocycles. The lowest BCUT2D eigenvalue weighted by atomic mass is 9.93. The number of rotatable bonds is 8. The van der Waals surface area contributed by atoms with Crippen molar-refractivity contribution < 1.29 is 0 Å². The van der Waals surface area contributed by atoms with Gasteiger partial charge < -0.3 is 10.6 Å². The minimum atomic E-state index is 0.226. The van der Waals surface area contributed by atoms with Gasteiger partial charge in [0.05, 0.1) is 0 Å². The summed E-state index contributed by atoms with van der Waals surface area (Å²) in [7, 11) is 0. The predicted molar refractivity (Wildman–Crippen MR) is 77.6 cm³/mol. The van der Waals surface area contributed by atoms with E-state index in [0.717, 1.165) is 26.1 Å². The average molecular weight is 254 g/mol. The van der Waals surface area contributed by atoms with Gasteiger partial charge in [0.1, 0.15) is 0 Å². The Hall–Kier alpha value is -0.380. The molecular formula is C14H26N2S. The average Bonchev–Trinajstić information content (AvgIpc) is 2.79. The van der Waals surface area contributed by atoms with Crippen LogP contribution in [0.15, 0.2) is 16.8 Å². The first kappa shape index (κ1) is 14.7. The van der Waals surface area contributed by atoms with E-state index in [-0.39, 0.29) is 5.41 Å². The van der Waals surface area contributed by atoms with E-state index in [4.69, 9.17) is 5.73 Å². The van der Waals surface area contributed by atoms with Crippen molar-refractivity contribution in [3.8, 4) is 0 Å². The van der Waals surface area contributed by atoms with Gasteiger partial charge in [-0.15, -0.1) is 0 Å². The maximum Gasteiger partial charge on any atom is 0.00449 e. The van der Waals surface area contributed by atoms with Crippen LogP contribution in [-0.2, 0) is 6.42 Å². The second kappa shape index (κ2) is 7.14. The maximum atomic E-state index is 5.82. The predicted octanol–water partition coefficient (Wildman–Crippen LogP) is 2.99. The van der Waals surface area contributed by atoms with E-state index in [1.54, 1.807) is 11.3 Å². The third-order valence-electron chi connectivity index (χ3n) is 3.04. The molecule has 0 saturated heterocycles. The molecule has 0 aliphatic heterocycles. The van der Waals surface area contributed by atoms with Gasteiger partial charge in [0, 0.05) is 13.1 Å². The molecule has 1 aromatic heterocycles. The fourth-order valence-corrected chi connectivity index (χ4v) is 2.68. The highest BCUT2D eigenvalue weighted by molar-refractivity contribution is 7.07. The maximum absolute atomic E-state index is 5.82. The second-order valence-electron chi connectivity index (χ2n) is 5.53. The number of hydrogen-bond acceptors (Lipinski definition) is 3. The Labute approximate surface area is 110 Å². The summed E-state index contributed by atoms with van der Waals surface area (Å²) in [5.41, 5.74) is 7.50. The number of hydrogen-bond donors (Lipinski definition) is 1. The van der Waals surface area contributed by atoms with Crippen LogP contribution in [0.25, 0.3) is 0 Å². The Balaban J connectivity index is 2.42. The molecule has 0 saturated carbocycles. The van der Waals surface area contributed by atoms with E-state index < -0.39 is 0 Å². The van der Waals surface area contributed by atoms with Gasteiger partial charge in [-0.2, -0.15) is 11.3 Å². The first-order chi connectivity index (χ1) is 8.07. The number of nitrogens with zero attached hydrogens (tertiary/aromatic N) is 1. The zero-order chi connectivity index (χ0) is 12.7. The highest BCUT2D eigenvalue weighted by Crippen LogP contribution is 2.16. The van der Waals surface area contributed by atoms with Gasteiger partial charge in [-0.05, 0) is 53.7 Å². The van der Waals surface area contributed by atoms with Crippen molar-refractivity contribution in [2.75, 3.05) is 26.2 Å². The minimum Gasteiger partial charge on any atom is -0.330 e. The van der Waals surface area contributed by atoms with E-state index in [2.05, 4.69) is 42.5 Å². The second-order valence-corrected chi connectivity index (χ2v) is 6.31. The molecule has 3 heteroatoms. The van der Waals surface area contributed by atoms with Gasteiger partial charge in [-0.25, -0.2) is 0 Å². The molecule has 98 valence electrons. The summed E-state index contributed by atoms with van der Waals surface area (Å²) in [5, 5.41) is 4.40. The van der Waals surface area contributed by atoms with E-state index in [1.165, 1.54) is 18.5 Å². The summed E-state index contributed by atoms with van der Waals surface area (Å²) in [5.74, 6) is 0. The molecule has 0 aliphatic carbocycles. The lowest BCUT2D eigenvalue weighted by Gasteiger charge is -2.31. The molecule has 0 spiro atoms. The number of thiophene rings is 1. The summed E-state index contributed by atoms with van der Waals surface area (Å²) in [4.78, 5) is 2.55. The van der Waals surface area contributed by atoms with Crippen LogP contribution in [0, 0.1) is 5.41 Å². The van der Waals surface area contributed by atoms with Crippen LogP contribution in [0.2, 0.25) is 0 Å². The molecule has 17 heavy (non-hydrogen) atoms. The Kier molecular flexibility index (Phi) is 6.17. The summed E-state index contributed by atoms with van der Waals surface area (Å²) < 4.78 is 0. The van der Waals surface area contributed by atoms with Gasteiger partial charge in [0.25, 0.3) is 0 Å². The summed E-state index contributed by atoms with van der Waals surface area (Å²) in [6.45, 7) is 10.9. The fraction of sp³-hybridized carbons (Fsp3) is 0.714. The SMILES string of the molecule is CCCN(CCc1ccsc1)CC(C)(C)CN. The molecule has 0 unspecified atom stereocenters. The lowest BCUT2D eigenvalue weighted by molar-refractivity contribution is 0.184. The van der Waals surface area contributed by atoms with Crippen molar-refractivity contribution in [2.24, 2.45) is 11.1 Å². The van der Waals surface area contributed by atoms with Gasteiger partial charge >= 0.3 is 0 Å². The third-order valence-corrected chi connectivity index (χ3v) is 3.77. The van der Waals surface area contributed by atoms with Gasteiger partial charge in [0.2, 0.25) is 0 Å². The molecule has 1 rings (SSSR count). The molecule has 1 aromatic rings. The van der Waals surface area contributed by atoms with Gasteiger partial charge in [-0.1, -0.05) is 20.8 Å². The van der Waals surface area contributed by atoms with Crippen LogP contribution in [0.4, 0.5) is 0 Å². The molecule has 2 N–H and O–H groups in total. The summed E-state index contributed by atoms with van der Waals surface area (Å²) >= 11 is 1.78. The Morgan fingerprint density at radius 3 is 2.65 bits per heavy atom. The largest absolute Gasteiger partial charge is 0.330 e. The van der Waals surface area contributed by atoms with E-state index in [1.807, 2.05) is 0 Å². The van der Waals surface area contributed by atoms with E-state index in [0.29, 0.717) is 0 Å². The topological polar surface area (TPSA) is 29.3 Å². The zero-order valence-corrected chi connectivity index (χ0v) is 12.2. The first-order valence-corrected chi connectivity index (χ1v) is 7.45. The molecule has 0 aromatic carbocycles. The van der Waals surface area contributed by atoms with Crippen LogP contribution in [-0.4, -0.2) is 31.1 Å². The normalized spacial score (nSPS) is 12.3. The van der Waals surface area contributed by atoms with Crippen molar-refractivity contribution in [3.63, 3.8) is 0 Å². The van der Waals surface area contributed by atoms with Gasteiger partial charge in [-0.3, -0.25) is 0 Å². The standard InChI is InChI=1S/C14H26N2S/c1-4-7-16(12-14(2,3)11-15)8-5-13-6-9-17-10-13/h6,9-10H,4-5,7-8,11-12,15H2,1-3H3. The number of nitrogens with two attached hydrogens (primary N) is 1. The van der Waals surface area contributed by atoms with Crippen LogP contribution in [0.1, 0.15) is 32.8 Å². The highest BCUT2D eigenvalue weighted by Gasteiger charge is 2.19. The molecule has 0 aliphatic rings. The smallest absolute Gasteiger partial charge is 0.00449 e. The molecule has 0 fully saturated rings. The van der Waals surface area contributed by atoms with E-state index >= 15 is 0 Å². The van der Waals surface area contributed by atoms with Crippen molar-refractivity contribution in [1.29, 1.82) is 0 Å². The van der Waals surface area contributed by atoms with Crippen molar-refractivity contribution >= 4 is 11.3 Å². The first-order valence-electron chi connectivity index (χ1n) is 6.51. The van der Waals surface area contributed by atoms with Crippen LogP contribution in [0.3, 0.4) is 0 Å². The van der Waals surface area contributed by atoms with E-state index in [9.17, 15) is 0 Å². The highest BCUT2D eigenvalue weighted by atomic mass is 32.1. The molecular weight excluding hydrogens is 228 g/mol. The zero-order valence-electron chi connectivity index (χ0n) is 11.4. The molecule has 0 amide bonds. The Bertz CT molecular complexity index is 293. The Morgan fingerprint density at radius 1 is 1.35 bits per heavy atom. The third kappa shape index (κ3) is 5.66. The summed E-state index contributed by atoms with van der Waals surface area (Å²) in [6.07, 6.45) is 2.37. The molecule has 0 bridgehead atoms. The minimum absolute atomic E-state index is 0.226. The lowest BCUT2D eigenvalue weighted by Crippen LogP contribution is -2.40. The Morgan fingerprint density at radius 2 is 2.12 bits per heavy atom.